The van der Waals surface area contributed by atoms with Gasteiger partial charge in [-0.15, -0.1) is 0 Å². The molecule has 1 atom stereocenters. The van der Waals surface area contributed by atoms with Crippen LogP contribution in [0.1, 0.15) is 12.1 Å². The zero-order valence-corrected chi connectivity index (χ0v) is 7.56. The molecule has 1 aromatic rings. The maximum Gasteiger partial charge on any atom is 0.232 e. The summed E-state index contributed by atoms with van der Waals surface area (Å²) in [6.07, 6.45) is 4.66. The Morgan fingerprint density at radius 3 is 2.92 bits per heavy atom. The van der Waals surface area contributed by atoms with Crippen LogP contribution in [-0.2, 0) is 4.74 Å². The predicted octanol–water partition coefficient (Wildman–Crippen LogP) is 0.953. The van der Waals surface area contributed by atoms with Crippen molar-refractivity contribution < 1.29 is 9.47 Å². The van der Waals surface area contributed by atoms with E-state index in [9.17, 15) is 0 Å². The summed E-state index contributed by atoms with van der Waals surface area (Å²) in [6.45, 7) is 3.33. The lowest BCUT2D eigenvalue weighted by Gasteiger charge is -2.25. The van der Waals surface area contributed by atoms with Gasteiger partial charge in [-0.2, -0.15) is 0 Å². The van der Waals surface area contributed by atoms with Crippen molar-refractivity contribution in [3.63, 3.8) is 0 Å². The molecule has 0 aliphatic carbocycles. The van der Waals surface area contributed by atoms with Crippen LogP contribution in [0, 0.1) is 6.92 Å². The fraction of sp³-hybridized carbons (Fsp3) is 0.556. The van der Waals surface area contributed by atoms with Crippen molar-refractivity contribution in [1.29, 1.82) is 0 Å². The van der Waals surface area contributed by atoms with Gasteiger partial charge >= 0.3 is 0 Å². The number of aryl methyl sites for hydroxylation is 1. The van der Waals surface area contributed by atoms with Gasteiger partial charge in [0.15, 0.2) is 0 Å². The Kier molecular flexibility index (Phi) is 2.40. The second-order valence-electron chi connectivity index (χ2n) is 3.09. The molecule has 2 rings (SSSR count). The molecule has 0 spiro atoms. The molecule has 70 valence electrons. The first kappa shape index (κ1) is 8.44. The van der Waals surface area contributed by atoms with E-state index in [1.807, 2.05) is 6.92 Å². The smallest absolute Gasteiger partial charge is 0.232 e. The lowest BCUT2D eigenvalue weighted by molar-refractivity contribution is -0.0727. The number of rotatable bonds is 3. The molecular formula is C9H12N2O2. The third-order valence-corrected chi connectivity index (χ3v) is 1.97. The van der Waals surface area contributed by atoms with Gasteiger partial charge < -0.3 is 9.47 Å². The fourth-order valence-electron chi connectivity index (χ4n) is 1.05. The van der Waals surface area contributed by atoms with E-state index < -0.39 is 0 Å². The monoisotopic (exact) mass is 180 g/mol. The van der Waals surface area contributed by atoms with Crippen LogP contribution >= 0.6 is 0 Å². The van der Waals surface area contributed by atoms with Gasteiger partial charge in [0.1, 0.15) is 6.61 Å². The summed E-state index contributed by atoms with van der Waals surface area (Å²) in [5, 5.41) is 0. The normalized spacial score (nSPS) is 20.8. The minimum atomic E-state index is 0.253. The molecule has 1 fully saturated rings. The topological polar surface area (TPSA) is 44.2 Å². The predicted molar refractivity (Wildman–Crippen MR) is 46.6 cm³/mol. The van der Waals surface area contributed by atoms with Gasteiger partial charge in [0.05, 0.1) is 24.2 Å². The minimum absolute atomic E-state index is 0.253. The SMILES string of the molecule is Cc1cnc(OCC2CCO2)cn1. The van der Waals surface area contributed by atoms with Crippen LogP contribution < -0.4 is 4.74 Å². The lowest BCUT2D eigenvalue weighted by Crippen LogP contribution is -2.32. The average molecular weight is 180 g/mol. The number of hydrogen-bond donors (Lipinski definition) is 0. The summed E-state index contributed by atoms with van der Waals surface area (Å²) in [4.78, 5) is 8.14. The first-order chi connectivity index (χ1) is 6.34. The zero-order valence-electron chi connectivity index (χ0n) is 7.56. The largest absolute Gasteiger partial charge is 0.474 e. The highest BCUT2D eigenvalue weighted by molar-refractivity contribution is 5.05. The summed E-state index contributed by atoms with van der Waals surface area (Å²) >= 11 is 0. The molecule has 4 nitrogen and oxygen atoms in total. The van der Waals surface area contributed by atoms with E-state index in [1.54, 1.807) is 12.4 Å². The van der Waals surface area contributed by atoms with Crippen LogP contribution in [0.2, 0.25) is 0 Å². The van der Waals surface area contributed by atoms with Gasteiger partial charge in [-0.1, -0.05) is 0 Å². The molecule has 1 unspecified atom stereocenters. The van der Waals surface area contributed by atoms with Crippen LogP contribution in [0.5, 0.6) is 5.88 Å². The Morgan fingerprint density at radius 1 is 1.54 bits per heavy atom. The second-order valence-corrected chi connectivity index (χ2v) is 3.09. The molecule has 0 N–H and O–H groups in total. The molecule has 0 aromatic carbocycles. The van der Waals surface area contributed by atoms with Crippen molar-refractivity contribution in [3.05, 3.63) is 18.1 Å². The molecule has 1 aliphatic rings. The Balaban J connectivity index is 1.83. The number of ether oxygens (including phenoxy) is 2. The summed E-state index contributed by atoms with van der Waals surface area (Å²) in [5.41, 5.74) is 0.896. The van der Waals surface area contributed by atoms with Crippen LogP contribution in [0.25, 0.3) is 0 Å². The standard InChI is InChI=1S/C9H12N2O2/c1-7-4-11-9(5-10-7)13-6-8-2-3-12-8/h4-5,8H,2-3,6H2,1H3. The van der Waals surface area contributed by atoms with Crippen LogP contribution in [0.15, 0.2) is 12.4 Å². The fourth-order valence-corrected chi connectivity index (χ4v) is 1.05. The zero-order chi connectivity index (χ0) is 9.10. The van der Waals surface area contributed by atoms with E-state index in [1.165, 1.54) is 0 Å². The van der Waals surface area contributed by atoms with E-state index in [4.69, 9.17) is 9.47 Å². The van der Waals surface area contributed by atoms with Crippen LogP contribution in [-0.4, -0.2) is 29.3 Å². The number of aromatic nitrogens is 2. The second kappa shape index (κ2) is 3.70. The molecule has 1 aliphatic heterocycles. The summed E-state index contributed by atoms with van der Waals surface area (Å²) in [7, 11) is 0. The molecular weight excluding hydrogens is 168 g/mol. The molecule has 0 radical (unpaired) electrons. The maximum absolute atomic E-state index is 5.37. The summed E-state index contributed by atoms with van der Waals surface area (Å²) in [5.74, 6) is 0.570. The van der Waals surface area contributed by atoms with Gasteiger partial charge in [-0.3, -0.25) is 4.98 Å². The van der Waals surface area contributed by atoms with Crippen LogP contribution in [0.4, 0.5) is 0 Å². The van der Waals surface area contributed by atoms with Crippen molar-refractivity contribution in [3.8, 4) is 5.88 Å². The van der Waals surface area contributed by atoms with Crippen molar-refractivity contribution in [2.45, 2.75) is 19.4 Å². The van der Waals surface area contributed by atoms with Gasteiger partial charge in [0.25, 0.3) is 0 Å². The van der Waals surface area contributed by atoms with E-state index in [0.29, 0.717) is 12.5 Å². The molecule has 2 heterocycles. The average Bonchev–Trinajstić information content (AvgIpc) is 2.05. The lowest BCUT2D eigenvalue weighted by atomic mass is 10.2. The number of nitrogens with zero attached hydrogens (tertiary/aromatic N) is 2. The van der Waals surface area contributed by atoms with E-state index in [2.05, 4.69) is 9.97 Å². The Hall–Kier alpha value is -1.16. The first-order valence-electron chi connectivity index (χ1n) is 4.37. The van der Waals surface area contributed by atoms with Gasteiger partial charge in [0, 0.05) is 13.0 Å². The Morgan fingerprint density at radius 2 is 2.38 bits per heavy atom. The van der Waals surface area contributed by atoms with Crippen molar-refractivity contribution in [1.82, 2.24) is 9.97 Å². The maximum atomic E-state index is 5.37. The molecule has 1 aromatic heterocycles. The van der Waals surface area contributed by atoms with E-state index in [-0.39, 0.29) is 6.10 Å². The number of hydrogen-bond acceptors (Lipinski definition) is 4. The third-order valence-electron chi connectivity index (χ3n) is 1.97. The van der Waals surface area contributed by atoms with Crippen molar-refractivity contribution in [2.75, 3.05) is 13.2 Å². The highest BCUT2D eigenvalue weighted by atomic mass is 16.5. The molecule has 0 amide bonds. The van der Waals surface area contributed by atoms with Gasteiger partial charge in [-0.25, -0.2) is 4.98 Å². The molecule has 1 saturated heterocycles. The Bertz CT molecular complexity index is 269. The molecule has 4 heteroatoms. The van der Waals surface area contributed by atoms with Crippen molar-refractivity contribution >= 4 is 0 Å². The third kappa shape index (κ3) is 2.15. The van der Waals surface area contributed by atoms with Gasteiger partial charge in [0.2, 0.25) is 5.88 Å². The quantitative estimate of drug-likeness (QED) is 0.694. The van der Waals surface area contributed by atoms with Crippen molar-refractivity contribution in [2.24, 2.45) is 0 Å². The molecule has 13 heavy (non-hydrogen) atoms. The van der Waals surface area contributed by atoms with E-state index in [0.717, 1.165) is 18.7 Å². The summed E-state index contributed by atoms with van der Waals surface area (Å²) in [6, 6.07) is 0. The van der Waals surface area contributed by atoms with Crippen LogP contribution in [0.3, 0.4) is 0 Å². The highest BCUT2D eigenvalue weighted by Crippen LogP contribution is 2.12. The Labute approximate surface area is 76.9 Å². The van der Waals surface area contributed by atoms with E-state index >= 15 is 0 Å². The first-order valence-corrected chi connectivity index (χ1v) is 4.37. The summed E-state index contributed by atoms with van der Waals surface area (Å²) < 4.78 is 10.6. The molecule has 0 bridgehead atoms. The van der Waals surface area contributed by atoms with Gasteiger partial charge in [-0.05, 0) is 6.92 Å². The molecule has 0 saturated carbocycles. The minimum Gasteiger partial charge on any atom is -0.474 e. The highest BCUT2D eigenvalue weighted by Gasteiger charge is 2.18.